The summed E-state index contributed by atoms with van der Waals surface area (Å²) in [5.74, 6) is -0.0157. The van der Waals surface area contributed by atoms with Gasteiger partial charge < -0.3 is 15.0 Å². The fourth-order valence-corrected chi connectivity index (χ4v) is 3.63. The quantitative estimate of drug-likeness (QED) is 0.905. The zero-order chi connectivity index (χ0) is 18.1. The molecule has 2 aliphatic rings. The van der Waals surface area contributed by atoms with E-state index in [0.29, 0.717) is 38.1 Å². The number of ether oxygens (including phenoxy) is 1. The molecule has 1 atom stereocenters. The molecule has 1 amide bonds. The number of nitrogens with zero attached hydrogens (tertiary/aromatic N) is 1. The summed E-state index contributed by atoms with van der Waals surface area (Å²) in [5.41, 5.74) is -0.177. The Morgan fingerprint density at radius 1 is 1.24 bits per heavy atom. The third-order valence-electron chi connectivity index (χ3n) is 5.03. The number of halogens is 3. The van der Waals surface area contributed by atoms with Gasteiger partial charge in [0.25, 0.3) is 5.91 Å². The average molecular weight is 356 g/mol. The molecule has 0 aromatic heterocycles. The predicted molar refractivity (Wildman–Crippen MR) is 87.4 cm³/mol. The number of aryl methyl sites for hydroxylation is 1. The van der Waals surface area contributed by atoms with Gasteiger partial charge >= 0.3 is 6.18 Å². The normalized spacial score (nSPS) is 23.5. The van der Waals surface area contributed by atoms with Crippen LogP contribution in [-0.4, -0.2) is 48.3 Å². The molecule has 1 N–H and O–H groups in total. The van der Waals surface area contributed by atoms with Gasteiger partial charge in [0.2, 0.25) is 0 Å². The first kappa shape index (κ1) is 18.0. The maximum atomic E-state index is 13.3. The maximum Gasteiger partial charge on any atom is 0.408 e. The number of rotatable bonds is 3. The van der Waals surface area contributed by atoms with Gasteiger partial charge in [-0.2, -0.15) is 13.2 Å². The topological polar surface area (TPSA) is 41.6 Å². The molecule has 0 aliphatic carbocycles. The molecule has 0 bridgehead atoms. The molecule has 2 fully saturated rings. The summed E-state index contributed by atoms with van der Waals surface area (Å²) in [7, 11) is 0. The number of alkyl halides is 3. The summed E-state index contributed by atoms with van der Waals surface area (Å²) >= 11 is 0. The highest BCUT2D eigenvalue weighted by Gasteiger charge is 2.53. The molecule has 2 heterocycles. The van der Waals surface area contributed by atoms with E-state index < -0.39 is 23.7 Å². The van der Waals surface area contributed by atoms with E-state index in [2.05, 4.69) is 5.32 Å². The molecule has 1 aromatic rings. The molecule has 138 valence electrons. The van der Waals surface area contributed by atoms with Gasteiger partial charge in [0.05, 0.1) is 0 Å². The van der Waals surface area contributed by atoms with Crippen molar-refractivity contribution in [1.29, 1.82) is 0 Å². The fraction of sp³-hybridized carbons (Fsp3) is 0.611. The number of piperidine rings is 1. The van der Waals surface area contributed by atoms with E-state index >= 15 is 0 Å². The molecule has 3 rings (SSSR count). The number of carbonyl (C=O) groups is 1. The molecule has 0 radical (unpaired) electrons. The number of carbonyl (C=O) groups excluding carboxylic acids is 1. The Labute approximate surface area is 145 Å². The van der Waals surface area contributed by atoms with E-state index in [0.717, 1.165) is 10.5 Å². The first-order valence-electron chi connectivity index (χ1n) is 8.66. The summed E-state index contributed by atoms with van der Waals surface area (Å²) < 4.78 is 45.9. The monoisotopic (exact) mass is 356 g/mol. The molecule has 0 saturated carbocycles. The van der Waals surface area contributed by atoms with Crippen LogP contribution < -0.4 is 10.1 Å². The van der Waals surface area contributed by atoms with Crippen molar-refractivity contribution in [3.8, 4) is 5.75 Å². The lowest BCUT2D eigenvalue weighted by Crippen LogP contribution is -2.60. The van der Waals surface area contributed by atoms with E-state index in [4.69, 9.17) is 4.74 Å². The highest BCUT2D eigenvalue weighted by atomic mass is 19.4. The van der Waals surface area contributed by atoms with Gasteiger partial charge in [-0.25, -0.2) is 0 Å². The van der Waals surface area contributed by atoms with Gasteiger partial charge in [-0.15, -0.1) is 0 Å². The van der Waals surface area contributed by atoms with Gasteiger partial charge in [-0.1, -0.05) is 17.7 Å². The first-order chi connectivity index (χ1) is 11.8. The van der Waals surface area contributed by atoms with E-state index in [9.17, 15) is 18.0 Å². The van der Waals surface area contributed by atoms with Crippen LogP contribution in [-0.2, 0) is 4.79 Å². The average Bonchev–Trinajstić information content (AvgIpc) is 3.07. The van der Waals surface area contributed by atoms with Crippen molar-refractivity contribution in [2.24, 2.45) is 0 Å². The number of amides is 1. The van der Waals surface area contributed by atoms with Crippen LogP contribution in [0.25, 0.3) is 0 Å². The summed E-state index contributed by atoms with van der Waals surface area (Å²) in [4.78, 5) is 14.1. The van der Waals surface area contributed by atoms with Crippen LogP contribution in [0.1, 0.15) is 31.2 Å². The number of hydrogen-bond donors (Lipinski definition) is 1. The first-order valence-corrected chi connectivity index (χ1v) is 8.66. The van der Waals surface area contributed by atoms with E-state index in [1.54, 1.807) is 12.1 Å². The molecular formula is C18H23F3N2O2. The zero-order valence-electron chi connectivity index (χ0n) is 14.2. The molecule has 2 saturated heterocycles. The van der Waals surface area contributed by atoms with Crippen LogP contribution in [0.5, 0.6) is 5.75 Å². The summed E-state index contributed by atoms with van der Waals surface area (Å²) in [6, 6.07) is 5.55. The van der Waals surface area contributed by atoms with Crippen molar-refractivity contribution in [1.82, 2.24) is 10.2 Å². The zero-order valence-corrected chi connectivity index (χ0v) is 14.2. The van der Waals surface area contributed by atoms with Gasteiger partial charge in [0.15, 0.2) is 5.60 Å². The minimum atomic E-state index is -4.40. The van der Waals surface area contributed by atoms with Crippen molar-refractivity contribution in [3.63, 3.8) is 0 Å². The Balaban J connectivity index is 1.86. The number of benzene rings is 1. The van der Waals surface area contributed by atoms with Gasteiger partial charge in [-0.05, 0) is 45.0 Å². The molecule has 1 aromatic carbocycles. The maximum absolute atomic E-state index is 13.3. The molecule has 25 heavy (non-hydrogen) atoms. The van der Waals surface area contributed by atoms with Crippen LogP contribution in [0, 0.1) is 6.92 Å². The van der Waals surface area contributed by atoms with Gasteiger partial charge in [-0.3, -0.25) is 4.79 Å². The van der Waals surface area contributed by atoms with Crippen molar-refractivity contribution >= 4 is 5.91 Å². The van der Waals surface area contributed by atoms with Crippen LogP contribution in [0.2, 0.25) is 0 Å². The second-order valence-electron chi connectivity index (χ2n) is 6.86. The van der Waals surface area contributed by atoms with Gasteiger partial charge in [0, 0.05) is 19.4 Å². The van der Waals surface area contributed by atoms with Crippen molar-refractivity contribution in [3.05, 3.63) is 29.8 Å². The summed E-state index contributed by atoms with van der Waals surface area (Å²) in [5, 5.41) is 3.15. The molecule has 2 aliphatic heterocycles. The third-order valence-corrected chi connectivity index (χ3v) is 5.03. The molecule has 4 nitrogen and oxygen atoms in total. The minimum Gasteiger partial charge on any atom is -0.477 e. The van der Waals surface area contributed by atoms with E-state index in [1.165, 1.54) is 0 Å². The van der Waals surface area contributed by atoms with Crippen LogP contribution >= 0.6 is 0 Å². The lowest BCUT2D eigenvalue weighted by Gasteiger charge is -2.40. The van der Waals surface area contributed by atoms with Crippen molar-refractivity contribution < 1.29 is 22.7 Å². The minimum absolute atomic E-state index is 0.0336. The summed E-state index contributed by atoms with van der Waals surface area (Å²) in [6.45, 7) is 3.16. The smallest absolute Gasteiger partial charge is 0.408 e. The Kier molecular flexibility index (Phi) is 4.95. The second-order valence-corrected chi connectivity index (χ2v) is 6.86. The standard InChI is InChI=1S/C18H23F3N2O2/c1-13-4-6-14(7-5-13)25-17(8-10-22-11-9-17)16(24)23-12-2-3-15(23)18(19,20)21/h4-7,15,22H,2-3,8-12H2,1H3. The number of nitrogens with one attached hydrogen (secondary N) is 1. The predicted octanol–water partition coefficient (Wildman–Crippen LogP) is 3.05. The second kappa shape index (κ2) is 6.86. The fourth-order valence-electron chi connectivity index (χ4n) is 3.63. The highest BCUT2D eigenvalue weighted by molar-refractivity contribution is 5.86. The van der Waals surface area contributed by atoms with Crippen LogP contribution in [0.15, 0.2) is 24.3 Å². The van der Waals surface area contributed by atoms with Gasteiger partial charge in [0.1, 0.15) is 11.8 Å². The lowest BCUT2D eigenvalue weighted by molar-refractivity contribution is -0.190. The third kappa shape index (κ3) is 3.76. The van der Waals surface area contributed by atoms with Crippen LogP contribution in [0.4, 0.5) is 13.2 Å². The number of likely N-dealkylation sites (tertiary alicyclic amines) is 1. The van der Waals surface area contributed by atoms with Crippen molar-refractivity contribution in [2.75, 3.05) is 19.6 Å². The van der Waals surface area contributed by atoms with Crippen molar-refractivity contribution in [2.45, 2.75) is 50.4 Å². The Bertz CT molecular complexity index is 610. The van der Waals surface area contributed by atoms with Crippen LogP contribution in [0.3, 0.4) is 0 Å². The Morgan fingerprint density at radius 2 is 1.88 bits per heavy atom. The molecule has 7 heteroatoms. The van der Waals surface area contributed by atoms with E-state index in [1.807, 2.05) is 19.1 Å². The molecule has 1 unspecified atom stereocenters. The lowest BCUT2D eigenvalue weighted by atomic mass is 9.90. The number of hydrogen-bond acceptors (Lipinski definition) is 3. The summed E-state index contributed by atoms with van der Waals surface area (Å²) in [6.07, 6.45) is -3.34. The molecular weight excluding hydrogens is 333 g/mol. The SMILES string of the molecule is Cc1ccc(OC2(C(=O)N3CCCC3C(F)(F)F)CCNCC2)cc1. The van der Waals surface area contributed by atoms with E-state index in [-0.39, 0.29) is 13.0 Å². The molecule has 0 spiro atoms. The Morgan fingerprint density at radius 3 is 2.48 bits per heavy atom. The largest absolute Gasteiger partial charge is 0.477 e. The highest BCUT2D eigenvalue weighted by Crippen LogP contribution is 2.37. The Hall–Kier alpha value is -1.76.